The van der Waals surface area contributed by atoms with Crippen molar-refractivity contribution in [2.24, 2.45) is 0 Å². The smallest absolute Gasteiger partial charge is 0.363 e. The molecule has 3 N–H and O–H groups in total. The molecular formula is C33H58N3O9S+. The molecule has 0 aromatic rings. The summed E-state index contributed by atoms with van der Waals surface area (Å²) in [5, 5.41) is 25.6. The number of nitrogens with one attached hydrogen (secondary N) is 1. The molecule has 12 nitrogen and oxygen atoms in total. The van der Waals surface area contributed by atoms with Gasteiger partial charge in [-0.05, 0) is 32.1 Å². The Labute approximate surface area is 279 Å². The molecule has 4 saturated heterocycles. The Balaban J connectivity index is 1.28. The highest BCUT2D eigenvalue weighted by Crippen LogP contribution is 2.49. The summed E-state index contributed by atoms with van der Waals surface area (Å²) in [5.41, 5.74) is -1.99. The van der Waals surface area contributed by atoms with Crippen LogP contribution in [0.2, 0.25) is 0 Å². The average molecular weight is 673 g/mol. The normalized spacial score (nSPS) is 29.7. The van der Waals surface area contributed by atoms with Crippen LogP contribution in [0, 0.1) is 0 Å². The fraction of sp³-hybridized carbons (Fsp3) is 0.909. The maximum atomic E-state index is 14.6. The van der Waals surface area contributed by atoms with E-state index in [1.165, 1.54) is 75.7 Å². The van der Waals surface area contributed by atoms with Crippen LogP contribution in [0.4, 0.5) is 0 Å². The van der Waals surface area contributed by atoms with E-state index < -0.39 is 46.1 Å². The molecule has 46 heavy (non-hydrogen) atoms. The number of nitrogens with zero attached hydrogens (tertiary/aromatic N) is 2. The van der Waals surface area contributed by atoms with Crippen LogP contribution < -0.4 is 5.32 Å². The molecule has 0 radical (unpaired) electrons. The molecule has 0 aliphatic carbocycles. The maximum Gasteiger partial charge on any atom is 0.363 e. The molecule has 4 heterocycles. The van der Waals surface area contributed by atoms with Gasteiger partial charge >= 0.3 is 17.8 Å². The SMILES string of the molecule is C[C@H](NCCCCCCCCCCCCCCCCS)C(=O)[N+]1(C2CCN3OCCO[C@@]23C(=O)O)CC2(C[C@H]1C(=O)O)OCCO2. The molecule has 264 valence electrons. The third kappa shape index (κ3) is 8.45. The number of quaternary nitrogens is 1. The minimum atomic E-state index is -1.99. The number of carbonyl (C=O) groups excluding carboxylic acids is 1. The minimum absolute atomic E-state index is 0.0222. The van der Waals surface area contributed by atoms with Crippen molar-refractivity contribution in [1.82, 2.24) is 10.4 Å². The third-order valence-corrected chi connectivity index (χ3v) is 10.7. The van der Waals surface area contributed by atoms with Gasteiger partial charge in [0.25, 0.3) is 5.72 Å². The van der Waals surface area contributed by atoms with Gasteiger partial charge in [-0.1, -0.05) is 77.0 Å². The topological polar surface area (TPSA) is 144 Å². The largest absolute Gasteiger partial charge is 0.478 e. The Hall–Kier alpha value is -1.32. The number of thiol groups is 1. The predicted molar refractivity (Wildman–Crippen MR) is 174 cm³/mol. The van der Waals surface area contributed by atoms with Crippen molar-refractivity contribution in [3.8, 4) is 0 Å². The van der Waals surface area contributed by atoms with E-state index in [0.29, 0.717) is 6.54 Å². The van der Waals surface area contributed by atoms with Crippen LogP contribution in [0.5, 0.6) is 0 Å². The van der Waals surface area contributed by atoms with Crippen LogP contribution >= 0.6 is 12.6 Å². The predicted octanol–water partition coefficient (Wildman–Crippen LogP) is 4.12. The Morgan fingerprint density at radius 2 is 1.39 bits per heavy atom. The first-order chi connectivity index (χ1) is 22.2. The molecule has 2 unspecified atom stereocenters. The molecule has 1 amide bonds. The van der Waals surface area contributed by atoms with Gasteiger partial charge in [-0.2, -0.15) is 12.6 Å². The lowest BCUT2D eigenvalue weighted by Crippen LogP contribution is -2.76. The Kier molecular flexibility index (Phi) is 14.6. The van der Waals surface area contributed by atoms with E-state index in [9.17, 15) is 24.6 Å². The monoisotopic (exact) mass is 672 g/mol. The first-order valence-electron chi connectivity index (χ1n) is 17.8. The highest BCUT2D eigenvalue weighted by atomic mass is 32.1. The van der Waals surface area contributed by atoms with Gasteiger partial charge in [-0.25, -0.2) is 18.9 Å². The second kappa shape index (κ2) is 17.9. The molecule has 0 saturated carbocycles. The molecule has 5 atom stereocenters. The standard InChI is InChI=1S/C33H57N3O9S/c1-26(34-17-14-12-10-8-6-4-2-3-5-7-9-11-13-15-23-46)29(37)36(25-32(42-19-20-43-32)24-27(36)30(38)39)28-16-18-35-33(28,31(40)41)44-21-22-45-35/h26-28,34H,2-25H2,1H3,(H2-,38,39,40,41,46)/p+1/t26-,27-,28?,33+,36?/m0/s1. The van der Waals surface area contributed by atoms with Crippen molar-refractivity contribution in [1.29, 1.82) is 0 Å². The van der Waals surface area contributed by atoms with Gasteiger partial charge in [-0.3, -0.25) is 4.84 Å². The van der Waals surface area contributed by atoms with Crippen LogP contribution in [0.3, 0.4) is 0 Å². The summed E-state index contributed by atoms with van der Waals surface area (Å²) in [7, 11) is 0. The fourth-order valence-electron chi connectivity index (χ4n) is 8.15. The lowest BCUT2D eigenvalue weighted by Gasteiger charge is -2.48. The van der Waals surface area contributed by atoms with E-state index in [2.05, 4.69) is 17.9 Å². The number of hydrogen-bond donors (Lipinski definition) is 4. The van der Waals surface area contributed by atoms with Gasteiger partial charge < -0.3 is 29.7 Å². The van der Waals surface area contributed by atoms with Crippen molar-refractivity contribution < 1.29 is 48.1 Å². The number of carboxylic acids is 2. The van der Waals surface area contributed by atoms with Gasteiger partial charge in [0, 0.05) is 13.0 Å². The number of fused-ring (bicyclic) bond motifs is 1. The second-order valence-corrected chi connectivity index (χ2v) is 14.0. The van der Waals surface area contributed by atoms with Gasteiger partial charge in [0.05, 0.1) is 32.8 Å². The highest BCUT2D eigenvalue weighted by Gasteiger charge is 2.76. The van der Waals surface area contributed by atoms with Crippen molar-refractivity contribution >= 4 is 30.5 Å². The third-order valence-electron chi connectivity index (χ3n) is 10.4. The molecule has 13 heteroatoms. The van der Waals surface area contributed by atoms with Crippen molar-refractivity contribution in [3.63, 3.8) is 0 Å². The average Bonchev–Trinajstić information content (AvgIpc) is 3.76. The molecule has 0 aromatic carbocycles. The summed E-state index contributed by atoms with van der Waals surface area (Å²) in [6, 6.07) is -3.01. The molecular weight excluding hydrogens is 614 g/mol. The number of rotatable bonds is 21. The Bertz CT molecular complexity index is 999. The molecule has 0 bridgehead atoms. The summed E-state index contributed by atoms with van der Waals surface area (Å²) in [6.45, 7) is 3.22. The number of carbonyl (C=O) groups is 3. The molecule has 1 spiro atoms. The van der Waals surface area contributed by atoms with Gasteiger partial charge in [0.15, 0.2) is 12.1 Å². The summed E-state index contributed by atoms with van der Waals surface area (Å²) in [6.07, 6.45) is 17.6. The molecule has 4 rings (SSSR count). The number of ether oxygens (including phenoxy) is 3. The van der Waals surface area contributed by atoms with E-state index in [4.69, 9.17) is 19.0 Å². The Morgan fingerprint density at radius 1 is 0.848 bits per heavy atom. The number of unbranched alkanes of at least 4 members (excludes halogenated alkanes) is 13. The summed E-state index contributed by atoms with van der Waals surface area (Å²) in [5.74, 6) is -3.14. The van der Waals surface area contributed by atoms with Gasteiger partial charge in [-0.15, -0.1) is 5.06 Å². The first-order valence-corrected chi connectivity index (χ1v) is 18.4. The first kappa shape index (κ1) is 37.5. The number of aliphatic carboxylic acids is 2. The van der Waals surface area contributed by atoms with Crippen LogP contribution in [-0.2, 0) is 33.4 Å². The van der Waals surface area contributed by atoms with E-state index >= 15 is 0 Å². The van der Waals surface area contributed by atoms with Crippen molar-refractivity contribution in [3.05, 3.63) is 0 Å². The summed E-state index contributed by atoms with van der Waals surface area (Å²) < 4.78 is 17.2. The molecule has 4 fully saturated rings. The quantitative estimate of drug-likeness (QED) is 0.0795. The molecule has 0 aromatic heterocycles. The van der Waals surface area contributed by atoms with Gasteiger partial charge in [0.2, 0.25) is 5.79 Å². The lowest BCUT2D eigenvalue weighted by molar-refractivity contribution is -0.895. The Morgan fingerprint density at radius 3 is 1.93 bits per heavy atom. The summed E-state index contributed by atoms with van der Waals surface area (Å²) in [4.78, 5) is 46.0. The summed E-state index contributed by atoms with van der Waals surface area (Å²) >= 11 is 4.27. The van der Waals surface area contributed by atoms with Crippen molar-refractivity contribution in [2.45, 2.75) is 139 Å². The molecule has 4 aliphatic rings. The van der Waals surface area contributed by atoms with Crippen LogP contribution in [-0.4, -0.2) is 119 Å². The number of hydroxylamine groups is 2. The second-order valence-electron chi connectivity index (χ2n) is 13.5. The zero-order valence-electron chi connectivity index (χ0n) is 27.8. The maximum absolute atomic E-state index is 14.6. The zero-order valence-corrected chi connectivity index (χ0v) is 28.7. The lowest BCUT2D eigenvalue weighted by atomic mass is 9.96. The van der Waals surface area contributed by atoms with Crippen LogP contribution in [0.1, 0.15) is 110 Å². The van der Waals surface area contributed by atoms with Crippen LogP contribution in [0.15, 0.2) is 0 Å². The zero-order chi connectivity index (χ0) is 33.0. The minimum Gasteiger partial charge on any atom is -0.478 e. The molecule has 4 aliphatic heterocycles. The van der Waals surface area contributed by atoms with Crippen LogP contribution in [0.25, 0.3) is 0 Å². The highest BCUT2D eigenvalue weighted by molar-refractivity contribution is 7.80. The van der Waals surface area contributed by atoms with Crippen molar-refractivity contribution in [2.75, 3.05) is 51.8 Å². The van der Waals surface area contributed by atoms with E-state index in [0.717, 1.165) is 25.0 Å². The number of likely N-dealkylation sites (tertiary alicyclic amines) is 1. The van der Waals surface area contributed by atoms with Gasteiger partial charge in [0.1, 0.15) is 12.6 Å². The number of carboxylic acid groups (broad SMARTS) is 2. The van der Waals surface area contributed by atoms with E-state index in [1.807, 2.05) is 0 Å². The van der Waals surface area contributed by atoms with E-state index in [1.54, 1.807) is 6.92 Å². The number of amides is 1. The fourth-order valence-corrected chi connectivity index (χ4v) is 8.38. The number of hydrogen-bond acceptors (Lipinski definition) is 10. The van der Waals surface area contributed by atoms with E-state index in [-0.39, 0.29) is 58.3 Å².